The van der Waals surface area contributed by atoms with E-state index >= 15 is 0 Å². The molecule has 26 heavy (non-hydrogen) atoms. The Morgan fingerprint density at radius 3 is 1.69 bits per heavy atom. The third-order valence-corrected chi connectivity index (χ3v) is 3.07. The van der Waals surface area contributed by atoms with Crippen LogP contribution >= 0.6 is 0 Å². The lowest BCUT2D eigenvalue weighted by molar-refractivity contribution is -0.385. The largest absolute Gasteiger partial charge is 0.490 e. The van der Waals surface area contributed by atoms with Crippen molar-refractivity contribution < 1.29 is 28.9 Å². The van der Waals surface area contributed by atoms with Gasteiger partial charge in [-0.1, -0.05) is 0 Å². The third-order valence-electron chi connectivity index (χ3n) is 3.07. The predicted octanol–water partition coefficient (Wildman–Crippen LogP) is 2.50. The van der Waals surface area contributed by atoms with Crippen molar-refractivity contribution in [1.29, 1.82) is 0 Å². The zero-order valence-electron chi connectivity index (χ0n) is 13.4. The van der Waals surface area contributed by atoms with E-state index in [1.54, 1.807) is 0 Å². The van der Waals surface area contributed by atoms with Crippen LogP contribution in [0.15, 0.2) is 48.5 Å². The quantitative estimate of drug-likeness (QED) is 0.288. The summed E-state index contributed by atoms with van der Waals surface area (Å²) in [5, 5.41) is 21.0. The van der Waals surface area contributed by atoms with Crippen molar-refractivity contribution in [3.05, 3.63) is 68.8 Å². The topological polar surface area (TPSA) is 131 Å². The Kier molecular flexibility index (Phi) is 6.43. The Balaban J connectivity index is 1.65. The third kappa shape index (κ3) is 5.74. The zero-order chi connectivity index (χ0) is 18.9. The summed E-state index contributed by atoms with van der Waals surface area (Å²) >= 11 is 0. The van der Waals surface area contributed by atoms with Crippen molar-refractivity contribution in [2.75, 3.05) is 19.8 Å². The van der Waals surface area contributed by atoms with Crippen LogP contribution in [-0.2, 0) is 9.53 Å². The van der Waals surface area contributed by atoms with E-state index in [0.29, 0.717) is 11.5 Å². The van der Waals surface area contributed by atoms with Gasteiger partial charge in [-0.05, 0) is 24.3 Å². The minimum atomic E-state index is -0.629. The van der Waals surface area contributed by atoms with Gasteiger partial charge in [-0.25, -0.2) is 4.79 Å². The van der Waals surface area contributed by atoms with Gasteiger partial charge in [0.25, 0.3) is 11.4 Å². The maximum absolute atomic E-state index is 11.5. The van der Waals surface area contributed by atoms with E-state index in [1.165, 1.54) is 48.5 Å². The van der Waals surface area contributed by atoms with Crippen molar-refractivity contribution in [2.45, 2.75) is 0 Å². The summed E-state index contributed by atoms with van der Waals surface area (Å²) in [7, 11) is 0. The van der Waals surface area contributed by atoms with Crippen LogP contribution in [0.5, 0.6) is 11.5 Å². The number of non-ortho nitro benzene ring substituents is 2. The van der Waals surface area contributed by atoms with E-state index in [0.717, 1.165) is 0 Å². The fourth-order valence-corrected chi connectivity index (χ4v) is 1.83. The number of benzene rings is 2. The summed E-state index contributed by atoms with van der Waals surface area (Å²) in [5.41, 5.74) is -0.129. The van der Waals surface area contributed by atoms with Gasteiger partial charge in [-0.2, -0.15) is 0 Å². The van der Waals surface area contributed by atoms with E-state index < -0.39 is 15.8 Å². The summed E-state index contributed by atoms with van der Waals surface area (Å²) in [4.78, 5) is 31.5. The first-order valence-corrected chi connectivity index (χ1v) is 7.36. The molecule has 0 N–H and O–H groups in total. The summed E-state index contributed by atoms with van der Waals surface area (Å²) in [6.07, 6.45) is 0. The van der Waals surface area contributed by atoms with Crippen LogP contribution in [0.4, 0.5) is 11.4 Å². The maximum Gasteiger partial charge on any atom is 0.344 e. The van der Waals surface area contributed by atoms with Crippen LogP contribution in [0.25, 0.3) is 0 Å². The molecule has 0 unspecified atom stereocenters. The first-order valence-electron chi connectivity index (χ1n) is 7.36. The molecule has 0 aromatic heterocycles. The van der Waals surface area contributed by atoms with E-state index in [-0.39, 0.29) is 31.2 Å². The molecule has 0 saturated heterocycles. The second kappa shape index (κ2) is 8.97. The number of carbonyl (C=O) groups is 1. The Morgan fingerprint density at radius 2 is 1.23 bits per heavy atom. The molecule has 10 nitrogen and oxygen atoms in total. The first kappa shape index (κ1) is 18.6. The summed E-state index contributed by atoms with van der Waals surface area (Å²) in [6.45, 7) is -0.310. The predicted molar refractivity (Wildman–Crippen MR) is 88.1 cm³/mol. The fraction of sp³-hybridized carbons (Fsp3) is 0.188. The molecule has 2 aromatic rings. The van der Waals surface area contributed by atoms with E-state index in [4.69, 9.17) is 14.2 Å². The molecule has 0 atom stereocenters. The molecule has 0 aliphatic heterocycles. The van der Waals surface area contributed by atoms with Crippen molar-refractivity contribution >= 4 is 17.3 Å². The number of nitrogens with zero attached hydrogens (tertiary/aromatic N) is 2. The monoisotopic (exact) mass is 362 g/mol. The number of nitro benzene ring substituents is 2. The number of ether oxygens (including phenoxy) is 3. The Morgan fingerprint density at radius 1 is 0.769 bits per heavy atom. The Labute approximate surface area is 147 Å². The number of hydrogen-bond donors (Lipinski definition) is 0. The van der Waals surface area contributed by atoms with Crippen molar-refractivity contribution in [1.82, 2.24) is 0 Å². The highest BCUT2D eigenvalue weighted by Gasteiger charge is 2.08. The summed E-state index contributed by atoms with van der Waals surface area (Å²) in [5.74, 6) is 0.0825. The Hall–Kier alpha value is -3.69. The molecular formula is C16H14N2O8. The van der Waals surface area contributed by atoms with E-state index in [2.05, 4.69) is 0 Å². The molecule has 0 fully saturated rings. The average molecular weight is 362 g/mol. The summed E-state index contributed by atoms with van der Waals surface area (Å²) in [6, 6.07) is 10.8. The zero-order valence-corrected chi connectivity index (χ0v) is 13.4. The lowest BCUT2D eigenvalue weighted by atomic mass is 10.3. The molecule has 136 valence electrons. The van der Waals surface area contributed by atoms with Crippen LogP contribution < -0.4 is 9.47 Å². The molecule has 0 spiro atoms. The minimum absolute atomic E-state index is 0.0283. The fourth-order valence-electron chi connectivity index (χ4n) is 1.83. The van der Waals surface area contributed by atoms with Gasteiger partial charge in [-0.15, -0.1) is 0 Å². The van der Waals surface area contributed by atoms with E-state index in [1.807, 2.05) is 0 Å². The second-order valence-corrected chi connectivity index (χ2v) is 4.86. The maximum atomic E-state index is 11.5. The normalized spacial score (nSPS) is 10.0. The second-order valence-electron chi connectivity index (χ2n) is 4.86. The van der Waals surface area contributed by atoms with Gasteiger partial charge in [0.1, 0.15) is 24.7 Å². The minimum Gasteiger partial charge on any atom is -0.490 e. The molecule has 0 aliphatic rings. The van der Waals surface area contributed by atoms with Crippen molar-refractivity contribution in [3.63, 3.8) is 0 Å². The molecule has 0 bridgehead atoms. The molecular weight excluding hydrogens is 348 g/mol. The van der Waals surface area contributed by atoms with E-state index in [9.17, 15) is 25.0 Å². The van der Waals surface area contributed by atoms with Crippen LogP contribution in [0.2, 0.25) is 0 Å². The average Bonchev–Trinajstić information content (AvgIpc) is 2.64. The standard InChI is InChI=1S/C16H14N2O8/c19-16(11-26-15-7-3-13(4-8-15)18(22)23)25-10-9-24-14-5-1-12(2-6-14)17(20)21/h1-8H,9-11H2. The molecule has 0 amide bonds. The number of carbonyl (C=O) groups excluding carboxylic acids is 1. The van der Waals surface area contributed by atoms with Crippen molar-refractivity contribution in [3.8, 4) is 11.5 Å². The molecule has 2 aromatic carbocycles. The lowest BCUT2D eigenvalue weighted by Gasteiger charge is -2.08. The molecule has 0 radical (unpaired) electrons. The van der Waals surface area contributed by atoms with Gasteiger partial charge in [-0.3, -0.25) is 20.2 Å². The SMILES string of the molecule is O=C(COc1ccc([N+](=O)[O-])cc1)OCCOc1ccc([N+](=O)[O-])cc1. The molecule has 2 rings (SSSR count). The highest BCUT2D eigenvalue weighted by molar-refractivity contribution is 5.71. The van der Waals surface area contributed by atoms with Gasteiger partial charge < -0.3 is 14.2 Å². The highest BCUT2D eigenvalue weighted by Crippen LogP contribution is 2.18. The smallest absolute Gasteiger partial charge is 0.344 e. The van der Waals surface area contributed by atoms with Crippen LogP contribution in [0.1, 0.15) is 0 Å². The van der Waals surface area contributed by atoms with Crippen LogP contribution in [-0.4, -0.2) is 35.6 Å². The first-order chi connectivity index (χ1) is 12.5. The van der Waals surface area contributed by atoms with Gasteiger partial charge >= 0.3 is 5.97 Å². The van der Waals surface area contributed by atoms with Gasteiger partial charge in [0.15, 0.2) is 6.61 Å². The van der Waals surface area contributed by atoms with Gasteiger partial charge in [0, 0.05) is 24.3 Å². The van der Waals surface area contributed by atoms with Gasteiger partial charge in [0.05, 0.1) is 9.85 Å². The summed E-state index contributed by atoms with van der Waals surface area (Å²) < 4.78 is 15.3. The molecule has 10 heteroatoms. The van der Waals surface area contributed by atoms with Crippen LogP contribution in [0.3, 0.4) is 0 Å². The molecule has 0 saturated carbocycles. The Bertz CT molecular complexity index is 774. The molecule has 0 heterocycles. The van der Waals surface area contributed by atoms with Crippen LogP contribution in [0, 0.1) is 20.2 Å². The number of nitro groups is 2. The van der Waals surface area contributed by atoms with Gasteiger partial charge in [0.2, 0.25) is 0 Å². The highest BCUT2D eigenvalue weighted by atomic mass is 16.6. The molecule has 0 aliphatic carbocycles. The van der Waals surface area contributed by atoms with Crippen molar-refractivity contribution in [2.24, 2.45) is 0 Å². The lowest BCUT2D eigenvalue weighted by Crippen LogP contribution is -2.18. The number of esters is 1. The number of hydrogen-bond acceptors (Lipinski definition) is 8. The number of rotatable bonds is 9.